The highest BCUT2D eigenvalue weighted by molar-refractivity contribution is 5.87. The highest BCUT2D eigenvalue weighted by atomic mass is 19.4. The minimum atomic E-state index is -4.51. The Bertz CT molecular complexity index is 923. The van der Waals surface area contributed by atoms with Crippen LogP contribution in [0, 0.1) is 5.41 Å². The summed E-state index contributed by atoms with van der Waals surface area (Å²) in [5.74, 6) is -0.374. The van der Waals surface area contributed by atoms with Crippen LogP contribution in [0.2, 0.25) is 0 Å². The van der Waals surface area contributed by atoms with E-state index in [1.807, 2.05) is 24.3 Å². The highest BCUT2D eigenvalue weighted by Crippen LogP contribution is 2.43. The molecule has 1 amide bonds. The third-order valence-electron chi connectivity index (χ3n) is 6.45. The summed E-state index contributed by atoms with van der Waals surface area (Å²) in [6, 6.07) is 9.15. The molecule has 1 fully saturated rings. The largest absolute Gasteiger partial charge is 0.409 e. The number of amides is 1. The van der Waals surface area contributed by atoms with Crippen molar-refractivity contribution in [3.63, 3.8) is 0 Å². The van der Waals surface area contributed by atoms with Gasteiger partial charge in [0, 0.05) is 6.54 Å². The van der Waals surface area contributed by atoms with Crippen molar-refractivity contribution in [3.05, 3.63) is 47.5 Å². The molecule has 3 rings (SSSR count). The second kappa shape index (κ2) is 10.2. The van der Waals surface area contributed by atoms with Crippen molar-refractivity contribution in [3.8, 4) is 0 Å². The van der Waals surface area contributed by atoms with Crippen LogP contribution in [0.25, 0.3) is 10.8 Å². The Morgan fingerprint density at radius 2 is 1.66 bits per heavy atom. The maximum absolute atomic E-state index is 14.4. The van der Waals surface area contributed by atoms with E-state index in [-0.39, 0.29) is 18.0 Å². The van der Waals surface area contributed by atoms with E-state index in [4.69, 9.17) is 0 Å². The van der Waals surface area contributed by atoms with Crippen LogP contribution in [0.4, 0.5) is 13.2 Å². The number of halogens is 3. The fraction of sp³-hybridized carbons (Fsp3) is 0.577. The maximum atomic E-state index is 14.4. The third kappa shape index (κ3) is 5.64. The quantitative estimate of drug-likeness (QED) is 0.393. The summed E-state index contributed by atoms with van der Waals surface area (Å²) in [4.78, 5) is 12.3. The summed E-state index contributed by atoms with van der Waals surface area (Å²) in [5.41, 5.74) is 2.63. The van der Waals surface area contributed by atoms with Crippen molar-refractivity contribution in [2.75, 3.05) is 6.54 Å². The van der Waals surface area contributed by atoms with Crippen molar-refractivity contribution in [1.82, 2.24) is 10.4 Å². The van der Waals surface area contributed by atoms with Gasteiger partial charge >= 0.3 is 6.18 Å². The second-order valence-corrected chi connectivity index (χ2v) is 9.62. The number of alkyl halides is 3. The van der Waals surface area contributed by atoms with Crippen molar-refractivity contribution < 1.29 is 18.0 Å². The maximum Gasteiger partial charge on any atom is 0.409 e. The van der Waals surface area contributed by atoms with Crippen LogP contribution in [0.1, 0.15) is 82.9 Å². The first-order chi connectivity index (χ1) is 15.1. The Labute approximate surface area is 189 Å². The Morgan fingerprint density at radius 1 is 1.00 bits per heavy atom. The zero-order chi connectivity index (χ0) is 23.4. The molecule has 1 aliphatic rings. The van der Waals surface area contributed by atoms with Gasteiger partial charge in [0.2, 0.25) is 5.91 Å². The monoisotopic (exact) mass is 448 g/mol. The van der Waals surface area contributed by atoms with Gasteiger partial charge in [0.15, 0.2) is 0 Å². The van der Waals surface area contributed by atoms with Crippen LogP contribution in [0.3, 0.4) is 0 Å². The molecule has 2 aromatic rings. The molecule has 1 N–H and O–H groups in total. The van der Waals surface area contributed by atoms with Gasteiger partial charge in [-0.15, -0.1) is 0 Å². The number of hydrazine groups is 1. The minimum Gasteiger partial charge on any atom is -0.287 e. The van der Waals surface area contributed by atoms with E-state index in [9.17, 15) is 18.0 Å². The van der Waals surface area contributed by atoms with Gasteiger partial charge in [-0.1, -0.05) is 81.8 Å². The molecule has 176 valence electrons. The molecule has 3 nitrogen and oxygen atoms in total. The molecule has 0 spiro atoms. The molecule has 0 radical (unpaired) electrons. The average Bonchev–Trinajstić information content (AvgIpc) is 2.99. The predicted molar refractivity (Wildman–Crippen MR) is 123 cm³/mol. The number of fused-ring (bicyclic) bond motifs is 1. The van der Waals surface area contributed by atoms with E-state index in [0.717, 1.165) is 40.6 Å². The Morgan fingerprint density at radius 3 is 2.28 bits per heavy atom. The van der Waals surface area contributed by atoms with Gasteiger partial charge in [-0.3, -0.25) is 10.2 Å². The summed E-state index contributed by atoms with van der Waals surface area (Å²) < 4.78 is 43.2. The summed E-state index contributed by atoms with van der Waals surface area (Å²) in [6.07, 6.45) is 3.89. The average molecular weight is 449 g/mol. The predicted octanol–water partition coefficient (Wildman–Crippen LogP) is 7.11. The molecule has 0 aliphatic carbocycles. The van der Waals surface area contributed by atoms with Crippen LogP contribution < -0.4 is 5.43 Å². The summed E-state index contributed by atoms with van der Waals surface area (Å²) in [5, 5.41) is 2.90. The molecule has 0 bridgehead atoms. The molecular weight excluding hydrogens is 413 g/mol. The van der Waals surface area contributed by atoms with Crippen molar-refractivity contribution in [2.45, 2.75) is 84.4 Å². The van der Waals surface area contributed by atoms with Crippen molar-refractivity contribution >= 4 is 16.7 Å². The number of hydrogen-bond donors (Lipinski definition) is 1. The fourth-order valence-corrected chi connectivity index (χ4v) is 4.64. The number of hydrogen-bond acceptors (Lipinski definition) is 2. The number of carbonyl (C=O) groups is 1. The minimum absolute atomic E-state index is 0.0136. The fourth-order valence-electron chi connectivity index (χ4n) is 4.64. The first kappa shape index (κ1) is 24.6. The molecule has 2 aromatic carbocycles. The van der Waals surface area contributed by atoms with Gasteiger partial charge in [-0.2, -0.15) is 13.2 Å². The molecule has 0 aromatic heterocycles. The molecule has 6 heteroatoms. The summed E-state index contributed by atoms with van der Waals surface area (Å²) in [6.45, 7) is 5.55. The number of unbranched alkanes of at least 4 members (excludes halogenated alkanes) is 6. The molecular formula is C26H35F3N2O. The van der Waals surface area contributed by atoms with Crippen LogP contribution in [-0.2, 0) is 11.2 Å². The zero-order valence-corrected chi connectivity index (χ0v) is 19.4. The van der Waals surface area contributed by atoms with E-state index in [0.29, 0.717) is 6.42 Å². The molecule has 1 heterocycles. The Balaban J connectivity index is 1.91. The molecule has 32 heavy (non-hydrogen) atoms. The van der Waals surface area contributed by atoms with E-state index >= 15 is 0 Å². The van der Waals surface area contributed by atoms with Gasteiger partial charge in [-0.25, -0.2) is 5.01 Å². The van der Waals surface area contributed by atoms with E-state index < -0.39 is 17.6 Å². The van der Waals surface area contributed by atoms with Crippen LogP contribution >= 0.6 is 0 Å². The molecule has 1 saturated heterocycles. The molecule has 1 unspecified atom stereocenters. The SMILES string of the molecule is CCCCCCCCCc1c(C(N2CC(C)(C)C(=O)N2)C(F)(F)F)ccc2ccccc12. The molecule has 0 saturated carbocycles. The highest BCUT2D eigenvalue weighted by Gasteiger charge is 2.51. The van der Waals surface area contributed by atoms with E-state index in [2.05, 4.69) is 12.3 Å². The summed E-state index contributed by atoms with van der Waals surface area (Å²) in [7, 11) is 0. The van der Waals surface area contributed by atoms with Crippen LogP contribution in [-0.4, -0.2) is 23.6 Å². The smallest absolute Gasteiger partial charge is 0.287 e. The second-order valence-electron chi connectivity index (χ2n) is 9.62. The van der Waals surface area contributed by atoms with Gasteiger partial charge in [0.05, 0.1) is 5.41 Å². The number of nitrogens with zero attached hydrogens (tertiary/aromatic N) is 1. The molecule has 1 aliphatic heterocycles. The lowest BCUT2D eigenvalue weighted by molar-refractivity contribution is -0.191. The van der Waals surface area contributed by atoms with Crippen molar-refractivity contribution in [2.24, 2.45) is 5.41 Å². The van der Waals surface area contributed by atoms with Gasteiger partial charge < -0.3 is 0 Å². The van der Waals surface area contributed by atoms with Crippen molar-refractivity contribution in [1.29, 1.82) is 0 Å². The van der Waals surface area contributed by atoms with Gasteiger partial charge in [0.25, 0.3) is 0 Å². The molecule has 1 atom stereocenters. The number of nitrogens with one attached hydrogen (secondary N) is 1. The number of rotatable bonds is 10. The zero-order valence-electron chi connectivity index (χ0n) is 19.4. The lowest BCUT2D eigenvalue weighted by Crippen LogP contribution is -2.44. The first-order valence-electron chi connectivity index (χ1n) is 11.8. The lowest BCUT2D eigenvalue weighted by Gasteiger charge is -2.32. The standard InChI is InChI=1S/C26H35F3N2O/c1-4-5-6-7-8-9-10-15-21-20-14-12-11-13-19(20)16-17-22(21)23(26(27,28)29)31-18-25(2,3)24(32)30-31/h11-14,16-17,23H,4-10,15,18H2,1-3H3,(H,30,32). The Kier molecular flexibility index (Phi) is 7.86. The van der Waals surface area contributed by atoms with Crippen LogP contribution in [0.15, 0.2) is 36.4 Å². The summed E-state index contributed by atoms with van der Waals surface area (Å²) >= 11 is 0. The van der Waals surface area contributed by atoms with E-state index in [1.165, 1.54) is 25.7 Å². The normalized spacial score (nSPS) is 17.6. The third-order valence-corrected chi connectivity index (χ3v) is 6.45. The van der Waals surface area contributed by atoms with E-state index in [1.54, 1.807) is 26.0 Å². The van der Waals surface area contributed by atoms with Crippen LogP contribution in [0.5, 0.6) is 0 Å². The number of aryl methyl sites for hydroxylation is 1. The van der Waals surface area contributed by atoms with Gasteiger partial charge in [-0.05, 0) is 48.6 Å². The first-order valence-corrected chi connectivity index (χ1v) is 11.8. The Hall–Kier alpha value is -2.08. The van der Waals surface area contributed by atoms with Gasteiger partial charge in [0.1, 0.15) is 6.04 Å². The topological polar surface area (TPSA) is 32.3 Å². The number of carbonyl (C=O) groups excluding carboxylic acids is 1. The number of benzene rings is 2. The lowest BCUT2D eigenvalue weighted by atomic mass is 9.89.